The lowest BCUT2D eigenvalue weighted by Crippen LogP contribution is -2.07. The quantitative estimate of drug-likeness (QED) is 0.760. The van der Waals surface area contributed by atoms with Crippen molar-refractivity contribution in [2.45, 2.75) is 13.1 Å². The maximum atomic E-state index is 12.2. The highest BCUT2D eigenvalue weighted by Gasteiger charge is 2.35. The highest BCUT2D eigenvalue weighted by Crippen LogP contribution is 2.27. The van der Waals surface area contributed by atoms with Crippen LogP contribution in [0.25, 0.3) is 11.4 Å². The standard InChI is InChI=1S/C7H6F3N5/c1-3-4(2-11-13-3)5-12-6(15-14-5)7(8,9)10/h2H,1H3,(H,11,13)(H,12,14,15). The molecule has 0 fully saturated rings. The largest absolute Gasteiger partial charge is 0.451 e. The van der Waals surface area contributed by atoms with Crippen molar-refractivity contribution in [3.05, 3.63) is 17.7 Å². The van der Waals surface area contributed by atoms with E-state index in [-0.39, 0.29) is 5.82 Å². The van der Waals surface area contributed by atoms with E-state index in [9.17, 15) is 13.2 Å². The van der Waals surface area contributed by atoms with Crippen LogP contribution in [0.5, 0.6) is 0 Å². The number of alkyl halides is 3. The molecule has 0 spiro atoms. The summed E-state index contributed by atoms with van der Waals surface area (Å²) in [5.41, 5.74) is 1.06. The average molecular weight is 217 g/mol. The van der Waals surface area contributed by atoms with Crippen LogP contribution in [-0.4, -0.2) is 25.4 Å². The molecule has 0 bridgehead atoms. The van der Waals surface area contributed by atoms with Gasteiger partial charge in [0.05, 0.1) is 11.8 Å². The van der Waals surface area contributed by atoms with Gasteiger partial charge in [-0.2, -0.15) is 23.4 Å². The molecule has 0 unspecified atom stereocenters. The molecule has 0 aromatic carbocycles. The molecule has 0 aliphatic carbocycles. The van der Waals surface area contributed by atoms with E-state index in [2.05, 4.69) is 20.3 Å². The van der Waals surface area contributed by atoms with Crippen molar-refractivity contribution in [3.8, 4) is 11.4 Å². The van der Waals surface area contributed by atoms with E-state index >= 15 is 0 Å². The highest BCUT2D eigenvalue weighted by molar-refractivity contribution is 5.55. The van der Waals surface area contributed by atoms with Crippen molar-refractivity contribution in [1.82, 2.24) is 25.4 Å². The lowest BCUT2D eigenvalue weighted by molar-refractivity contribution is -0.144. The maximum absolute atomic E-state index is 12.2. The second-order valence-electron chi connectivity index (χ2n) is 2.91. The van der Waals surface area contributed by atoms with Gasteiger partial charge in [-0.3, -0.25) is 10.2 Å². The third kappa shape index (κ3) is 1.69. The monoisotopic (exact) mass is 217 g/mol. The van der Waals surface area contributed by atoms with Gasteiger partial charge in [0.2, 0.25) is 5.82 Å². The SMILES string of the molecule is Cc1[nH]ncc1-c1n[nH]c(C(F)(F)F)n1. The fraction of sp³-hybridized carbons (Fsp3) is 0.286. The zero-order chi connectivity index (χ0) is 11.1. The van der Waals surface area contributed by atoms with Crippen LogP contribution in [0.4, 0.5) is 13.2 Å². The molecule has 8 heteroatoms. The van der Waals surface area contributed by atoms with Crippen molar-refractivity contribution < 1.29 is 13.2 Å². The average Bonchev–Trinajstić information content (AvgIpc) is 2.69. The number of rotatable bonds is 1. The molecule has 0 aliphatic rings. The fourth-order valence-electron chi connectivity index (χ4n) is 1.09. The van der Waals surface area contributed by atoms with E-state index in [0.717, 1.165) is 0 Å². The first-order chi connectivity index (χ1) is 6.98. The molecule has 0 amide bonds. The molecule has 2 rings (SSSR count). The Balaban J connectivity index is 2.41. The van der Waals surface area contributed by atoms with Crippen LogP contribution in [0, 0.1) is 6.92 Å². The minimum atomic E-state index is -4.51. The Morgan fingerprint density at radius 3 is 2.47 bits per heavy atom. The number of hydrogen-bond acceptors (Lipinski definition) is 3. The Bertz CT molecular complexity index is 469. The van der Waals surface area contributed by atoms with Gasteiger partial charge in [-0.05, 0) is 6.92 Å². The summed E-state index contributed by atoms with van der Waals surface area (Å²) in [4.78, 5) is 3.33. The predicted octanol–water partition coefficient (Wildman–Crippen LogP) is 1.52. The third-order valence-electron chi connectivity index (χ3n) is 1.82. The van der Waals surface area contributed by atoms with E-state index in [1.807, 2.05) is 5.10 Å². The molecule has 15 heavy (non-hydrogen) atoms. The zero-order valence-corrected chi connectivity index (χ0v) is 7.55. The number of aromatic amines is 2. The van der Waals surface area contributed by atoms with Crippen LogP contribution in [0.1, 0.15) is 11.5 Å². The normalized spacial score (nSPS) is 12.0. The minimum absolute atomic E-state index is 0.0198. The Kier molecular flexibility index (Phi) is 1.98. The number of aromatic nitrogens is 5. The van der Waals surface area contributed by atoms with E-state index in [1.165, 1.54) is 6.20 Å². The highest BCUT2D eigenvalue weighted by atomic mass is 19.4. The molecule has 2 heterocycles. The zero-order valence-electron chi connectivity index (χ0n) is 7.55. The number of nitrogens with one attached hydrogen (secondary N) is 2. The summed E-state index contributed by atoms with van der Waals surface area (Å²) in [6, 6.07) is 0. The summed E-state index contributed by atoms with van der Waals surface area (Å²) in [5.74, 6) is -1.13. The Morgan fingerprint density at radius 2 is 2.00 bits per heavy atom. The summed E-state index contributed by atoms with van der Waals surface area (Å²) in [7, 11) is 0. The maximum Gasteiger partial charge on any atom is 0.451 e. The first kappa shape index (κ1) is 9.69. The van der Waals surface area contributed by atoms with Gasteiger partial charge in [-0.15, -0.1) is 0 Å². The van der Waals surface area contributed by atoms with E-state index < -0.39 is 12.0 Å². The van der Waals surface area contributed by atoms with Crippen LogP contribution in [0.3, 0.4) is 0 Å². The second kappa shape index (κ2) is 3.07. The molecule has 0 atom stereocenters. The number of nitrogens with zero attached hydrogens (tertiary/aromatic N) is 3. The predicted molar refractivity (Wildman–Crippen MR) is 43.7 cm³/mol. The molecule has 2 aromatic rings. The van der Waals surface area contributed by atoms with Crippen molar-refractivity contribution in [2.24, 2.45) is 0 Å². The van der Waals surface area contributed by atoms with Crippen molar-refractivity contribution >= 4 is 0 Å². The Labute approximate surface area is 81.7 Å². The molecular weight excluding hydrogens is 211 g/mol. The van der Waals surface area contributed by atoms with Crippen molar-refractivity contribution in [3.63, 3.8) is 0 Å². The number of halogens is 3. The molecule has 0 saturated carbocycles. The first-order valence-corrected chi connectivity index (χ1v) is 3.98. The molecule has 0 saturated heterocycles. The summed E-state index contributed by atoms with van der Waals surface area (Å²) >= 11 is 0. The molecule has 5 nitrogen and oxygen atoms in total. The molecular formula is C7H6F3N5. The van der Waals surface area contributed by atoms with Crippen molar-refractivity contribution in [2.75, 3.05) is 0 Å². The van der Waals surface area contributed by atoms with E-state index in [4.69, 9.17) is 0 Å². The summed E-state index contributed by atoms with van der Waals surface area (Å²) in [6.07, 6.45) is -3.14. The van der Waals surface area contributed by atoms with Crippen molar-refractivity contribution in [1.29, 1.82) is 0 Å². The van der Waals surface area contributed by atoms with Crippen LogP contribution in [0.2, 0.25) is 0 Å². The number of H-pyrrole nitrogens is 2. The topological polar surface area (TPSA) is 70.2 Å². The van der Waals surface area contributed by atoms with Gasteiger partial charge in [-0.1, -0.05) is 0 Å². The van der Waals surface area contributed by atoms with Gasteiger partial charge >= 0.3 is 6.18 Å². The van der Waals surface area contributed by atoms with Gasteiger partial charge in [0, 0.05) is 5.69 Å². The molecule has 0 aliphatic heterocycles. The lowest BCUT2D eigenvalue weighted by atomic mass is 10.2. The van der Waals surface area contributed by atoms with Gasteiger partial charge in [0.15, 0.2) is 5.82 Å². The van der Waals surface area contributed by atoms with Gasteiger partial charge in [-0.25, -0.2) is 4.98 Å². The first-order valence-electron chi connectivity index (χ1n) is 3.98. The smallest absolute Gasteiger partial charge is 0.282 e. The molecule has 2 N–H and O–H groups in total. The summed E-state index contributed by atoms with van der Waals surface area (Å²) < 4.78 is 36.6. The number of hydrogen-bond donors (Lipinski definition) is 2. The third-order valence-corrected chi connectivity index (χ3v) is 1.82. The minimum Gasteiger partial charge on any atom is -0.282 e. The molecule has 2 aromatic heterocycles. The fourth-order valence-corrected chi connectivity index (χ4v) is 1.09. The Morgan fingerprint density at radius 1 is 1.27 bits per heavy atom. The van der Waals surface area contributed by atoms with Crippen LogP contribution < -0.4 is 0 Å². The Hall–Kier alpha value is -1.86. The molecule has 80 valence electrons. The van der Waals surface area contributed by atoms with Gasteiger partial charge in [0.25, 0.3) is 0 Å². The van der Waals surface area contributed by atoms with E-state index in [1.54, 1.807) is 6.92 Å². The van der Waals surface area contributed by atoms with Crippen LogP contribution in [-0.2, 0) is 6.18 Å². The summed E-state index contributed by atoms with van der Waals surface area (Å²) in [5, 5.41) is 11.6. The van der Waals surface area contributed by atoms with Gasteiger partial charge in [0.1, 0.15) is 0 Å². The summed E-state index contributed by atoms with van der Waals surface area (Å²) in [6.45, 7) is 1.67. The number of aryl methyl sites for hydroxylation is 1. The van der Waals surface area contributed by atoms with Crippen LogP contribution in [0.15, 0.2) is 6.20 Å². The lowest BCUT2D eigenvalue weighted by Gasteiger charge is -1.98. The second-order valence-corrected chi connectivity index (χ2v) is 2.91. The van der Waals surface area contributed by atoms with Crippen LogP contribution >= 0.6 is 0 Å². The van der Waals surface area contributed by atoms with E-state index in [0.29, 0.717) is 11.3 Å². The van der Waals surface area contributed by atoms with Gasteiger partial charge < -0.3 is 0 Å². The molecule has 0 radical (unpaired) electrons.